The van der Waals surface area contributed by atoms with Crippen LogP contribution in [0.1, 0.15) is 48.3 Å². The average molecular weight is 434 g/mol. The smallest absolute Gasteiger partial charge is 0.336 e. The van der Waals surface area contributed by atoms with Crippen molar-refractivity contribution in [1.29, 1.82) is 0 Å². The molecule has 2 aromatic heterocycles. The maximum Gasteiger partial charge on any atom is 0.418 e. The first-order valence-corrected chi connectivity index (χ1v) is 9.62. The summed E-state index contributed by atoms with van der Waals surface area (Å²) in [5.74, 6) is -1.17. The van der Waals surface area contributed by atoms with Gasteiger partial charge in [0, 0.05) is 12.7 Å². The van der Waals surface area contributed by atoms with Gasteiger partial charge in [0.1, 0.15) is 6.54 Å². The quantitative estimate of drug-likeness (QED) is 0.619. The van der Waals surface area contributed by atoms with Crippen LogP contribution in [0.5, 0.6) is 0 Å². The van der Waals surface area contributed by atoms with Crippen LogP contribution in [0.2, 0.25) is 0 Å². The van der Waals surface area contributed by atoms with Gasteiger partial charge in [0.05, 0.1) is 27.9 Å². The molecule has 2 heterocycles. The molecule has 1 aromatic carbocycles. The van der Waals surface area contributed by atoms with Gasteiger partial charge in [-0.3, -0.25) is 9.59 Å². The number of para-hydroxylation sites is 1. The first-order chi connectivity index (χ1) is 14.6. The molecule has 7 nitrogen and oxygen atoms in total. The summed E-state index contributed by atoms with van der Waals surface area (Å²) in [6.07, 6.45) is -3.29. The summed E-state index contributed by atoms with van der Waals surface area (Å²) >= 11 is 0. The lowest BCUT2D eigenvalue weighted by Crippen LogP contribution is -2.38. The molecular formula is C21H21F3N4O3. The monoisotopic (exact) mass is 434 g/mol. The number of amides is 2. The molecule has 0 aliphatic carbocycles. The predicted octanol–water partition coefficient (Wildman–Crippen LogP) is 4.47. The predicted molar refractivity (Wildman–Crippen MR) is 108 cm³/mol. The van der Waals surface area contributed by atoms with Crippen LogP contribution in [0, 0.1) is 0 Å². The minimum Gasteiger partial charge on any atom is -0.336 e. The molecule has 0 radical (unpaired) electrons. The van der Waals surface area contributed by atoms with Crippen molar-refractivity contribution in [2.24, 2.45) is 0 Å². The Morgan fingerprint density at radius 3 is 2.58 bits per heavy atom. The highest BCUT2D eigenvalue weighted by Crippen LogP contribution is 2.34. The Morgan fingerprint density at radius 2 is 1.94 bits per heavy atom. The second-order valence-electron chi connectivity index (χ2n) is 7.21. The SMILES string of the molecule is CCN(CC(=O)Nc1ccccc1C(F)(F)F)C(=O)c1cnc2onc(C(C)C)c2c1. The van der Waals surface area contributed by atoms with Crippen LogP contribution in [-0.4, -0.2) is 39.9 Å². The number of anilines is 1. The third kappa shape index (κ3) is 4.84. The van der Waals surface area contributed by atoms with Gasteiger partial charge in [-0.15, -0.1) is 0 Å². The van der Waals surface area contributed by atoms with Crippen molar-refractivity contribution >= 4 is 28.6 Å². The van der Waals surface area contributed by atoms with Gasteiger partial charge >= 0.3 is 6.18 Å². The number of nitrogens with zero attached hydrogens (tertiary/aromatic N) is 3. The summed E-state index contributed by atoms with van der Waals surface area (Å²) in [5.41, 5.74) is -0.145. The zero-order chi connectivity index (χ0) is 22.8. The number of pyridine rings is 1. The molecule has 0 atom stereocenters. The number of alkyl halides is 3. The number of carbonyl (C=O) groups excluding carboxylic acids is 2. The minimum atomic E-state index is -4.61. The van der Waals surface area contributed by atoms with Crippen molar-refractivity contribution in [3.05, 3.63) is 53.3 Å². The molecule has 0 fully saturated rings. The summed E-state index contributed by atoms with van der Waals surface area (Å²) in [4.78, 5) is 30.6. The maximum atomic E-state index is 13.1. The Hall–Kier alpha value is -3.43. The number of likely N-dealkylation sites (N-methyl/N-ethyl adjacent to an activating group) is 1. The fraction of sp³-hybridized carbons (Fsp3) is 0.333. The van der Waals surface area contributed by atoms with Crippen molar-refractivity contribution in [3.63, 3.8) is 0 Å². The molecule has 1 N–H and O–H groups in total. The molecule has 0 aliphatic rings. The van der Waals surface area contributed by atoms with E-state index in [1.807, 2.05) is 13.8 Å². The van der Waals surface area contributed by atoms with Crippen LogP contribution in [0.4, 0.5) is 18.9 Å². The lowest BCUT2D eigenvalue weighted by molar-refractivity contribution is -0.137. The summed E-state index contributed by atoms with van der Waals surface area (Å²) in [6.45, 7) is 5.27. The molecule has 0 aliphatic heterocycles. The van der Waals surface area contributed by atoms with Gasteiger partial charge in [0.15, 0.2) is 0 Å². The van der Waals surface area contributed by atoms with Gasteiger partial charge in [-0.2, -0.15) is 13.2 Å². The Bertz CT molecular complexity index is 1110. The summed E-state index contributed by atoms with van der Waals surface area (Å²) < 4.78 is 44.6. The van der Waals surface area contributed by atoms with Crippen LogP contribution in [0.15, 0.2) is 41.1 Å². The highest BCUT2D eigenvalue weighted by Gasteiger charge is 2.33. The van der Waals surface area contributed by atoms with E-state index in [4.69, 9.17) is 4.52 Å². The molecule has 31 heavy (non-hydrogen) atoms. The molecule has 10 heteroatoms. The van der Waals surface area contributed by atoms with Crippen molar-refractivity contribution in [2.75, 3.05) is 18.4 Å². The van der Waals surface area contributed by atoms with Crippen molar-refractivity contribution in [1.82, 2.24) is 15.0 Å². The van der Waals surface area contributed by atoms with E-state index in [2.05, 4.69) is 15.5 Å². The molecule has 3 aromatic rings. The van der Waals surface area contributed by atoms with Gasteiger partial charge in [-0.25, -0.2) is 4.98 Å². The third-order valence-corrected chi connectivity index (χ3v) is 4.66. The second-order valence-corrected chi connectivity index (χ2v) is 7.21. The highest BCUT2D eigenvalue weighted by atomic mass is 19.4. The number of fused-ring (bicyclic) bond motifs is 1. The topological polar surface area (TPSA) is 88.3 Å². The molecule has 3 rings (SSSR count). The molecule has 0 saturated heterocycles. The van der Waals surface area contributed by atoms with Crippen molar-refractivity contribution in [2.45, 2.75) is 32.9 Å². The van der Waals surface area contributed by atoms with Crippen molar-refractivity contribution < 1.29 is 27.3 Å². The largest absolute Gasteiger partial charge is 0.418 e. The van der Waals surface area contributed by atoms with E-state index in [9.17, 15) is 22.8 Å². The number of halogens is 3. The molecule has 164 valence electrons. The van der Waals surface area contributed by atoms with Gasteiger partial charge in [0.25, 0.3) is 11.6 Å². The van der Waals surface area contributed by atoms with E-state index in [1.54, 1.807) is 13.0 Å². The molecule has 0 bridgehead atoms. The van der Waals surface area contributed by atoms with Crippen molar-refractivity contribution in [3.8, 4) is 0 Å². The molecule has 2 amide bonds. The number of carbonyl (C=O) groups is 2. The van der Waals surface area contributed by atoms with Gasteiger partial charge in [-0.05, 0) is 31.0 Å². The first kappa shape index (κ1) is 22.3. The second kappa shape index (κ2) is 8.75. The van der Waals surface area contributed by atoms with E-state index < -0.39 is 30.1 Å². The number of aromatic nitrogens is 2. The van der Waals surface area contributed by atoms with Gasteiger partial charge in [-0.1, -0.05) is 31.1 Å². The van der Waals surface area contributed by atoms with Crippen LogP contribution in [0.25, 0.3) is 11.1 Å². The summed E-state index contributed by atoms with van der Waals surface area (Å²) in [5, 5.41) is 6.81. The van der Waals surface area contributed by atoms with Crippen LogP contribution in [-0.2, 0) is 11.0 Å². The molecule has 0 saturated carbocycles. The van der Waals surface area contributed by atoms with E-state index in [1.165, 1.54) is 23.2 Å². The maximum absolute atomic E-state index is 13.1. The van der Waals surface area contributed by atoms with Crippen LogP contribution < -0.4 is 5.32 Å². The average Bonchev–Trinajstić information content (AvgIpc) is 3.14. The lowest BCUT2D eigenvalue weighted by atomic mass is 10.1. The summed E-state index contributed by atoms with van der Waals surface area (Å²) in [6, 6.07) is 6.26. The standard InChI is InChI=1S/C21H21F3N4O3/c1-4-28(11-17(29)26-16-8-6-5-7-15(16)21(22,23)24)20(30)13-9-14-18(12(2)3)27-31-19(14)25-10-13/h5-10,12H,4,11H2,1-3H3,(H,26,29). The third-order valence-electron chi connectivity index (χ3n) is 4.66. The Labute approximate surface area is 176 Å². The Kier molecular flexibility index (Phi) is 6.28. The Balaban J connectivity index is 1.78. The number of nitrogens with one attached hydrogen (secondary N) is 1. The minimum absolute atomic E-state index is 0.0511. The first-order valence-electron chi connectivity index (χ1n) is 9.62. The summed E-state index contributed by atoms with van der Waals surface area (Å²) in [7, 11) is 0. The normalized spacial score (nSPS) is 11.7. The highest BCUT2D eigenvalue weighted by molar-refractivity contribution is 6.01. The van der Waals surface area contributed by atoms with Gasteiger partial charge in [0.2, 0.25) is 5.91 Å². The van der Waals surface area contributed by atoms with Crippen LogP contribution >= 0.6 is 0 Å². The van der Waals surface area contributed by atoms with E-state index in [0.29, 0.717) is 16.8 Å². The van der Waals surface area contributed by atoms with E-state index in [0.717, 1.165) is 12.1 Å². The zero-order valence-corrected chi connectivity index (χ0v) is 17.2. The molecule has 0 spiro atoms. The number of hydrogen-bond acceptors (Lipinski definition) is 5. The fourth-order valence-electron chi connectivity index (χ4n) is 3.10. The lowest BCUT2D eigenvalue weighted by Gasteiger charge is -2.21. The Morgan fingerprint density at radius 1 is 1.23 bits per heavy atom. The van der Waals surface area contributed by atoms with E-state index >= 15 is 0 Å². The number of rotatable bonds is 6. The van der Waals surface area contributed by atoms with Gasteiger partial charge < -0.3 is 14.7 Å². The molecular weight excluding hydrogens is 413 g/mol. The number of hydrogen-bond donors (Lipinski definition) is 1. The number of benzene rings is 1. The zero-order valence-electron chi connectivity index (χ0n) is 17.2. The van der Waals surface area contributed by atoms with E-state index in [-0.39, 0.29) is 23.7 Å². The fourth-order valence-corrected chi connectivity index (χ4v) is 3.10. The van der Waals surface area contributed by atoms with Crippen LogP contribution in [0.3, 0.4) is 0 Å². The molecule has 0 unspecified atom stereocenters.